The molecule has 4 nitrogen and oxygen atoms in total. The number of aromatic carboxylic acids is 1. The van der Waals surface area contributed by atoms with Gasteiger partial charge in [0.25, 0.3) is 0 Å². The van der Waals surface area contributed by atoms with Gasteiger partial charge in [-0.05, 0) is 44.0 Å². The Morgan fingerprint density at radius 1 is 1.45 bits per heavy atom. The molecule has 0 aliphatic carbocycles. The zero-order chi connectivity index (χ0) is 14.5. The summed E-state index contributed by atoms with van der Waals surface area (Å²) in [5.41, 5.74) is 1.05. The highest BCUT2D eigenvalue weighted by Gasteiger charge is 2.18. The monoisotopic (exact) mass is 296 g/mol. The first kappa shape index (κ1) is 15.1. The molecule has 2 rings (SSSR count). The normalized spacial score (nSPS) is 17.1. The second-order valence-corrected chi connectivity index (χ2v) is 5.67. The molecule has 0 aromatic heterocycles. The van der Waals surface area contributed by atoms with E-state index >= 15 is 0 Å². The Morgan fingerprint density at radius 3 is 2.70 bits per heavy atom. The largest absolute Gasteiger partial charge is 0.478 e. The van der Waals surface area contributed by atoms with E-state index in [2.05, 4.69) is 17.1 Å². The summed E-state index contributed by atoms with van der Waals surface area (Å²) in [6.45, 7) is 5.61. The second kappa shape index (κ2) is 6.95. The van der Waals surface area contributed by atoms with Crippen LogP contribution in [-0.2, 0) is 0 Å². The quantitative estimate of drug-likeness (QED) is 0.875. The van der Waals surface area contributed by atoms with Gasteiger partial charge in [-0.3, -0.25) is 0 Å². The third-order valence-corrected chi connectivity index (χ3v) is 4.01. The van der Waals surface area contributed by atoms with Crippen LogP contribution in [0, 0.1) is 0 Å². The van der Waals surface area contributed by atoms with E-state index in [0.717, 1.165) is 31.6 Å². The van der Waals surface area contributed by atoms with Crippen LogP contribution in [0.2, 0.25) is 5.02 Å². The number of anilines is 1. The molecular formula is C15H21ClN2O2. The van der Waals surface area contributed by atoms with Crippen molar-refractivity contribution in [2.45, 2.75) is 32.2 Å². The molecule has 0 saturated carbocycles. The van der Waals surface area contributed by atoms with Gasteiger partial charge in [0.05, 0.1) is 10.6 Å². The number of carboxylic acids is 1. The highest BCUT2D eigenvalue weighted by atomic mass is 35.5. The molecule has 1 aromatic carbocycles. The number of likely N-dealkylation sites (tertiary alicyclic amines) is 1. The van der Waals surface area contributed by atoms with Gasteiger partial charge in [0.2, 0.25) is 0 Å². The molecular weight excluding hydrogens is 276 g/mol. The van der Waals surface area contributed by atoms with E-state index in [1.807, 2.05) is 0 Å². The van der Waals surface area contributed by atoms with Gasteiger partial charge in [-0.1, -0.05) is 18.5 Å². The van der Waals surface area contributed by atoms with Crippen LogP contribution >= 0.6 is 11.6 Å². The third kappa shape index (κ3) is 3.87. The Morgan fingerprint density at radius 2 is 2.15 bits per heavy atom. The Labute approximate surface area is 124 Å². The van der Waals surface area contributed by atoms with Crippen molar-refractivity contribution in [3.05, 3.63) is 28.8 Å². The molecule has 5 heteroatoms. The van der Waals surface area contributed by atoms with Gasteiger partial charge in [-0.15, -0.1) is 0 Å². The Hall–Kier alpha value is -1.26. The SMILES string of the molecule is CCCN1CCC(Nc2ccc(C(=O)O)c(Cl)c2)CC1. The lowest BCUT2D eigenvalue weighted by molar-refractivity contribution is 0.0697. The lowest BCUT2D eigenvalue weighted by Crippen LogP contribution is -2.39. The van der Waals surface area contributed by atoms with Crippen molar-refractivity contribution < 1.29 is 9.90 Å². The van der Waals surface area contributed by atoms with Crippen LogP contribution in [0.1, 0.15) is 36.5 Å². The number of rotatable bonds is 5. The maximum Gasteiger partial charge on any atom is 0.337 e. The number of hydrogen-bond donors (Lipinski definition) is 2. The predicted octanol–water partition coefficient (Wildman–Crippen LogP) is 3.32. The molecule has 1 aliphatic rings. The fourth-order valence-corrected chi connectivity index (χ4v) is 2.89. The number of hydrogen-bond acceptors (Lipinski definition) is 3. The van der Waals surface area contributed by atoms with E-state index in [4.69, 9.17) is 16.7 Å². The van der Waals surface area contributed by atoms with Crippen molar-refractivity contribution in [3.8, 4) is 0 Å². The van der Waals surface area contributed by atoms with Crippen LogP contribution in [0.5, 0.6) is 0 Å². The standard InChI is InChI=1S/C15H21ClN2O2/c1-2-7-18-8-5-11(6-9-18)17-12-3-4-13(15(19)20)14(16)10-12/h3-4,10-11,17H,2,5-9H2,1H3,(H,19,20). The van der Waals surface area contributed by atoms with Crippen LogP contribution in [0.3, 0.4) is 0 Å². The number of benzene rings is 1. The minimum Gasteiger partial charge on any atom is -0.478 e. The fraction of sp³-hybridized carbons (Fsp3) is 0.533. The highest BCUT2D eigenvalue weighted by molar-refractivity contribution is 6.33. The number of halogens is 1. The summed E-state index contributed by atoms with van der Waals surface area (Å²) >= 11 is 5.98. The number of carboxylic acid groups (broad SMARTS) is 1. The smallest absolute Gasteiger partial charge is 0.337 e. The fourth-order valence-electron chi connectivity index (χ4n) is 2.63. The van der Waals surface area contributed by atoms with Gasteiger partial charge in [-0.2, -0.15) is 0 Å². The first-order chi connectivity index (χ1) is 9.60. The van der Waals surface area contributed by atoms with Crippen LogP contribution in [-0.4, -0.2) is 41.7 Å². The summed E-state index contributed by atoms with van der Waals surface area (Å²) < 4.78 is 0. The molecule has 1 aromatic rings. The maximum atomic E-state index is 10.9. The van der Waals surface area contributed by atoms with Crippen LogP contribution < -0.4 is 5.32 Å². The summed E-state index contributed by atoms with van der Waals surface area (Å²) in [5.74, 6) is -0.991. The minimum atomic E-state index is -0.991. The first-order valence-corrected chi connectivity index (χ1v) is 7.49. The highest BCUT2D eigenvalue weighted by Crippen LogP contribution is 2.23. The first-order valence-electron chi connectivity index (χ1n) is 7.12. The van der Waals surface area contributed by atoms with Gasteiger partial charge >= 0.3 is 5.97 Å². The number of nitrogens with one attached hydrogen (secondary N) is 1. The summed E-state index contributed by atoms with van der Waals surface area (Å²) in [5, 5.41) is 12.7. The number of piperidine rings is 1. The number of nitrogens with zero attached hydrogens (tertiary/aromatic N) is 1. The second-order valence-electron chi connectivity index (χ2n) is 5.26. The average Bonchev–Trinajstić information content (AvgIpc) is 2.41. The molecule has 0 atom stereocenters. The van der Waals surface area contributed by atoms with E-state index in [1.165, 1.54) is 13.0 Å². The molecule has 1 aliphatic heterocycles. The van der Waals surface area contributed by atoms with E-state index in [0.29, 0.717) is 6.04 Å². The van der Waals surface area contributed by atoms with Gasteiger partial charge < -0.3 is 15.3 Å². The maximum absolute atomic E-state index is 10.9. The van der Waals surface area contributed by atoms with Gasteiger partial charge in [0, 0.05) is 24.8 Å². The van der Waals surface area contributed by atoms with E-state index in [9.17, 15) is 4.79 Å². The minimum absolute atomic E-state index is 0.148. The van der Waals surface area contributed by atoms with Crippen molar-refractivity contribution in [2.24, 2.45) is 0 Å². The third-order valence-electron chi connectivity index (χ3n) is 3.70. The molecule has 110 valence electrons. The molecule has 0 bridgehead atoms. The summed E-state index contributed by atoms with van der Waals surface area (Å²) in [4.78, 5) is 13.4. The van der Waals surface area contributed by atoms with E-state index in [-0.39, 0.29) is 10.6 Å². The van der Waals surface area contributed by atoms with Crippen molar-refractivity contribution in [3.63, 3.8) is 0 Å². The molecule has 0 spiro atoms. The number of carbonyl (C=O) groups is 1. The van der Waals surface area contributed by atoms with Crippen molar-refractivity contribution in [1.29, 1.82) is 0 Å². The molecule has 0 radical (unpaired) electrons. The predicted molar refractivity (Wildman–Crippen MR) is 81.8 cm³/mol. The van der Waals surface area contributed by atoms with Crippen molar-refractivity contribution >= 4 is 23.3 Å². The lowest BCUT2D eigenvalue weighted by Gasteiger charge is -2.32. The summed E-state index contributed by atoms with van der Waals surface area (Å²) in [6, 6.07) is 5.48. The van der Waals surface area contributed by atoms with E-state index < -0.39 is 5.97 Å². The molecule has 2 N–H and O–H groups in total. The van der Waals surface area contributed by atoms with Crippen LogP contribution in [0.4, 0.5) is 5.69 Å². The lowest BCUT2D eigenvalue weighted by atomic mass is 10.0. The van der Waals surface area contributed by atoms with Gasteiger partial charge in [0.1, 0.15) is 0 Å². The van der Waals surface area contributed by atoms with E-state index in [1.54, 1.807) is 18.2 Å². The van der Waals surface area contributed by atoms with Crippen molar-refractivity contribution in [1.82, 2.24) is 4.90 Å². The van der Waals surface area contributed by atoms with Gasteiger partial charge in [0.15, 0.2) is 0 Å². The Balaban J connectivity index is 1.91. The Kier molecular flexibility index (Phi) is 5.26. The van der Waals surface area contributed by atoms with Crippen LogP contribution in [0.25, 0.3) is 0 Å². The zero-order valence-electron chi connectivity index (χ0n) is 11.7. The molecule has 0 unspecified atom stereocenters. The molecule has 1 fully saturated rings. The van der Waals surface area contributed by atoms with Crippen molar-refractivity contribution in [2.75, 3.05) is 25.0 Å². The molecule has 20 heavy (non-hydrogen) atoms. The average molecular weight is 297 g/mol. The zero-order valence-corrected chi connectivity index (χ0v) is 12.5. The summed E-state index contributed by atoms with van der Waals surface area (Å²) in [7, 11) is 0. The molecule has 1 saturated heterocycles. The van der Waals surface area contributed by atoms with Crippen LogP contribution in [0.15, 0.2) is 18.2 Å². The van der Waals surface area contributed by atoms with Gasteiger partial charge in [-0.25, -0.2) is 4.79 Å². The topological polar surface area (TPSA) is 52.6 Å². The molecule has 1 heterocycles. The Bertz CT molecular complexity index is 471. The summed E-state index contributed by atoms with van der Waals surface area (Å²) in [6.07, 6.45) is 3.42. The molecule has 0 amide bonds.